The Balaban J connectivity index is 1.63. The minimum absolute atomic E-state index is 0.165. The van der Waals surface area contributed by atoms with E-state index in [-0.39, 0.29) is 5.91 Å². The van der Waals surface area contributed by atoms with Crippen molar-refractivity contribution in [3.05, 3.63) is 42.2 Å². The minimum atomic E-state index is -0.418. The van der Waals surface area contributed by atoms with Gasteiger partial charge in [0.2, 0.25) is 5.91 Å². The molecule has 24 heavy (non-hydrogen) atoms. The number of carbonyl (C=O) groups is 1. The van der Waals surface area contributed by atoms with Gasteiger partial charge in [-0.1, -0.05) is 23.4 Å². The van der Waals surface area contributed by atoms with Gasteiger partial charge in [-0.3, -0.25) is 10.1 Å². The first-order chi connectivity index (χ1) is 11.6. The molecular formula is C18H25N5O. The molecule has 1 aliphatic rings. The minimum Gasteiger partial charge on any atom is -0.342 e. The Labute approximate surface area is 142 Å². The molecule has 3 rings (SSSR count). The zero-order chi connectivity index (χ0) is 17.0. The van der Waals surface area contributed by atoms with Crippen LogP contribution in [0.2, 0.25) is 0 Å². The number of carbonyl (C=O) groups excluding carboxylic acids is 1. The van der Waals surface area contributed by atoms with Gasteiger partial charge in [0.15, 0.2) is 0 Å². The Kier molecular flexibility index (Phi) is 4.94. The van der Waals surface area contributed by atoms with E-state index in [1.807, 2.05) is 55.3 Å². The summed E-state index contributed by atoms with van der Waals surface area (Å²) in [6, 6.07) is 9.88. The highest BCUT2D eigenvalue weighted by Crippen LogP contribution is 2.18. The Morgan fingerprint density at radius 1 is 1.17 bits per heavy atom. The van der Waals surface area contributed by atoms with Crippen molar-refractivity contribution in [2.24, 2.45) is 0 Å². The highest BCUT2D eigenvalue weighted by Gasteiger charge is 2.26. The van der Waals surface area contributed by atoms with E-state index in [9.17, 15) is 4.79 Å². The summed E-state index contributed by atoms with van der Waals surface area (Å²) >= 11 is 0. The molecule has 0 atom stereocenters. The Hall–Kier alpha value is -2.21. The number of para-hydroxylation sites is 1. The van der Waals surface area contributed by atoms with Crippen LogP contribution in [0, 0.1) is 0 Å². The number of piperidine rings is 1. The van der Waals surface area contributed by atoms with E-state index >= 15 is 0 Å². The van der Waals surface area contributed by atoms with Crippen LogP contribution in [0.25, 0.3) is 5.69 Å². The van der Waals surface area contributed by atoms with Crippen LogP contribution in [0.3, 0.4) is 0 Å². The van der Waals surface area contributed by atoms with Crippen LogP contribution in [0.1, 0.15) is 38.8 Å². The number of likely N-dealkylation sites (tertiary alicyclic amines) is 1. The average Bonchev–Trinajstić information content (AvgIpc) is 3.12. The zero-order valence-electron chi connectivity index (χ0n) is 14.4. The van der Waals surface area contributed by atoms with Crippen molar-refractivity contribution in [3.63, 3.8) is 0 Å². The zero-order valence-corrected chi connectivity index (χ0v) is 14.4. The molecule has 128 valence electrons. The van der Waals surface area contributed by atoms with E-state index in [0.29, 0.717) is 6.54 Å². The fourth-order valence-corrected chi connectivity index (χ4v) is 2.90. The third kappa shape index (κ3) is 3.82. The third-order valence-electron chi connectivity index (χ3n) is 4.54. The molecular weight excluding hydrogens is 302 g/mol. The van der Waals surface area contributed by atoms with Crippen LogP contribution in [0.5, 0.6) is 0 Å². The van der Waals surface area contributed by atoms with Crippen molar-refractivity contribution in [2.75, 3.05) is 19.6 Å². The lowest BCUT2D eigenvalue weighted by atomic mass is 10.0. The molecule has 1 aliphatic heterocycles. The molecule has 2 aromatic rings. The van der Waals surface area contributed by atoms with Gasteiger partial charge >= 0.3 is 0 Å². The fraction of sp³-hybridized carbons (Fsp3) is 0.500. The van der Waals surface area contributed by atoms with Crippen LogP contribution >= 0.6 is 0 Å². The summed E-state index contributed by atoms with van der Waals surface area (Å²) in [5.74, 6) is 0.165. The van der Waals surface area contributed by atoms with Crippen molar-refractivity contribution < 1.29 is 4.79 Å². The van der Waals surface area contributed by atoms with Crippen LogP contribution in [-0.2, 0) is 10.3 Å². The smallest absolute Gasteiger partial charge is 0.236 e. The lowest BCUT2D eigenvalue weighted by Gasteiger charge is -2.29. The third-order valence-corrected chi connectivity index (χ3v) is 4.54. The number of hydrogen-bond donors (Lipinski definition) is 1. The van der Waals surface area contributed by atoms with Crippen molar-refractivity contribution >= 4 is 5.91 Å². The number of aromatic nitrogens is 3. The Bertz CT molecular complexity index is 674. The topological polar surface area (TPSA) is 63.1 Å². The number of amides is 1. The molecule has 0 radical (unpaired) electrons. The predicted molar refractivity (Wildman–Crippen MR) is 92.8 cm³/mol. The maximum absolute atomic E-state index is 12.3. The van der Waals surface area contributed by atoms with Crippen LogP contribution in [0.15, 0.2) is 36.5 Å². The number of hydrogen-bond acceptors (Lipinski definition) is 4. The van der Waals surface area contributed by atoms with Gasteiger partial charge < -0.3 is 4.90 Å². The van der Waals surface area contributed by atoms with Gasteiger partial charge in [-0.25, -0.2) is 4.68 Å². The molecule has 1 aromatic heterocycles. The van der Waals surface area contributed by atoms with Crippen LogP contribution in [-0.4, -0.2) is 45.4 Å². The summed E-state index contributed by atoms with van der Waals surface area (Å²) in [6.07, 6.45) is 5.36. The maximum Gasteiger partial charge on any atom is 0.236 e. The Morgan fingerprint density at radius 3 is 2.58 bits per heavy atom. The van der Waals surface area contributed by atoms with Crippen molar-refractivity contribution in [1.82, 2.24) is 25.2 Å². The highest BCUT2D eigenvalue weighted by atomic mass is 16.2. The first-order valence-electron chi connectivity index (χ1n) is 8.57. The number of nitrogens with one attached hydrogen (secondary N) is 1. The standard InChI is InChI=1S/C18H25N5O/c1-18(2,19-13-17(24)22-11-7-4-8-12-22)16-14-23(21-20-16)15-9-5-3-6-10-15/h3,5-6,9-10,14,19H,4,7-8,11-13H2,1-2H3. The molecule has 0 aliphatic carbocycles. The predicted octanol–water partition coefficient (Wildman–Crippen LogP) is 2.10. The molecule has 1 N–H and O–H groups in total. The maximum atomic E-state index is 12.3. The average molecular weight is 327 g/mol. The molecule has 0 bridgehead atoms. The Morgan fingerprint density at radius 2 is 1.88 bits per heavy atom. The van der Waals surface area contributed by atoms with Crippen LogP contribution < -0.4 is 5.32 Å². The first-order valence-corrected chi connectivity index (χ1v) is 8.57. The summed E-state index contributed by atoms with van der Waals surface area (Å²) in [5.41, 5.74) is 1.37. The fourth-order valence-electron chi connectivity index (χ4n) is 2.90. The summed E-state index contributed by atoms with van der Waals surface area (Å²) in [4.78, 5) is 14.3. The molecule has 0 spiro atoms. The van der Waals surface area contributed by atoms with E-state index < -0.39 is 5.54 Å². The number of rotatable bonds is 5. The van der Waals surface area contributed by atoms with Crippen molar-refractivity contribution in [2.45, 2.75) is 38.6 Å². The second-order valence-corrected chi connectivity index (χ2v) is 6.80. The van der Waals surface area contributed by atoms with E-state index in [1.165, 1.54) is 6.42 Å². The first kappa shape index (κ1) is 16.6. The van der Waals surface area contributed by atoms with E-state index in [4.69, 9.17) is 0 Å². The van der Waals surface area contributed by atoms with E-state index in [1.54, 1.807) is 4.68 Å². The van der Waals surface area contributed by atoms with Gasteiger partial charge in [-0.2, -0.15) is 0 Å². The molecule has 6 nitrogen and oxygen atoms in total. The van der Waals surface area contributed by atoms with Gasteiger partial charge in [-0.05, 0) is 45.2 Å². The monoisotopic (exact) mass is 327 g/mol. The van der Waals surface area contributed by atoms with Crippen molar-refractivity contribution in [1.29, 1.82) is 0 Å². The SMILES string of the molecule is CC(C)(NCC(=O)N1CCCCC1)c1cn(-c2ccccc2)nn1. The van der Waals surface area contributed by atoms with Gasteiger partial charge in [-0.15, -0.1) is 5.10 Å². The highest BCUT2D eigenvalue weighted by molar-refractivity contribution is 5.78. The second kappa shape index (κ2) is 7.13. The van der Waals surface area contributed by atoms with Crippen LogP contribution in [0.4, 0.5) is 0 Å². The summed E-state index contributed by atoms with van der Waals surface area (Å²) < 4.78 is 1.76. The quantitative estimate of drug-likeness (QED) is 0.913. The largest absolute Gasteiger partial charge is 0.342 e. The van der Waals surface area contributed by atoms with Gasteiger partial charge in [0, 0.05) is 13.1 Å². The second-order valence-electron chi connectivity index (χ2n) is 6.80. The summed E-state index contributed by atoms with van der Waals surface area (Å²) in [7, 11) is 0. The van der Waals surface area contributed by atoms with Gasteiger partial charge in [0.05, 0.1) is 24.0 Å². The van der Waals surface area contributed by atoms with E-state index in [0.717, 1.165) is 37.3 Å². The molecule has 0 saturated carbocycles. The number of benzene rings is 1. The molecule has 1 saturated heterocycles. The van der Waals surface area contributed by atoms with Gasteiger partial charge in [0.1, 0.15) is 5.69 Å². The molecule has 1 fully saturated rings. The van der Waals surface area contributed by atoms with Gasteiger partial charge in [0.25, 0.3) is 0 Å². The lowest BCUT2D eigenvalue weighted by Crippen LogP contribution is -2.46. The van der Waals surface area contributed by atoms with Crippen molar-refractivity contribution in [3.8, 4) is 5.69 Å². The lowest BCUT2D eigenvalue weighted by molar-refractivity contribution is -0.131. The van der Waals surface area contributed by atoms with E-state index in [2.05, 4.69) is 15.6 Å². The normalized spacial score (nSPS) is 15.5. The number of nitrogens with zero attached hydrogens (tertiary/aromatic N) is 4. The molecule has 6 heteroatoms. The summed E-state index contributed by atoms with van der Waals surface area (Å²) in [5, 5.41) is 11.8. The molecule has 0 unspecified atom stereocenters. The summed E-state index contributed by atoms with van der Waals surface area (Å²) in [6.45, 7) is 6.13. The molecule has 2 heterocycles. The molecule has 1 amide bonds. The molecule has 1 aromatic carbocycles.